The number of pyridine rings is 2. The average molecular weight is 561 g/mol. The lowest BCUT2D eigenvalue weighted by Crippen LogP contribution is -2.26. The summed E-state index contributed by atoms with van der Waals surface area (Å²) < 4.78 is 15.4. The van der Waals surface area contributed by atoms with Gasteiger partial charge in [0.25, 0.3) is 5.56 Å². The predicted molar refractivity (Wildman–Crippen MR) is 160 cm³/mol. The maximum atomic E-state index is 14.0. The zero-order chi connectivity index (χ0) is 28.3. The molecule has 3 heterocycles. The summed E-state index contributed by atoms with van der Waals surface area (Å²) in [6, 6.07) is 28.9. The number of hydrogen-bond donors (Lipinski definition) is 1. The monoisotopic (exact) mass is 560 g/mol. The van der Waals surface area contributed by atoms with Crippen molar-refractivity contribution in [1.29, 1.82) is 0 Å². The van der Waals surface area contributed by atoms with E-state index in [2.05, 4.69) is 34.5 Å². The molecule has 1 atom stereocenters. The van der Waals surface area contributed by atoms with E-state index in [1.165, 1.54) is 0 Å². The van der Waals surface area contributed by atoms with Crippen LogP contribution in [0.2, 0.25) is 0 Å². The molecule has 8 nitrogen and oxygen atoms in total. The molecule has 1 N–H and O–H groups in total. The third-order valence-electron chi connectivity index (χ3n) is 7.16. The number of H-pyrrole nitrogens is 1. The molecule has 9 heteroatoms. The van der Waals surface area contributed by atoms with Crippen LogP contribution >= 0.6 is 0 Å². The predicted octanol–water partition coefficient (Wildman–Crippen LogP) is 5.58. The molecule has 0 saturated carbocycles. The van der Waals surface area contributed by atoms with Gasteiger partial charge in [-0.05, 0) is 59.0 Å². The van der Waals surface area contributed by atoms with E-state index < -0.39 is 10.8 Å². The van der Waals surface area contributed by atoms with Gasteiger partial charge in [0.05, 0.1) is 22.9 Å². The van der Waals surface area contributed by atoms with Crippen molar-refractivity contribution >= 4 is 21.7 Å². The second-order valence-electron chi connectivity index (χ2n) is 9.66. The van der Waals surface area contributed by atoms with Crippen molar-refractivity contribution in [2.75, 3.05) is 0 Å². The van der Waals surface area contributed by atoms with Gasteiger partial charge in [0.2, 0.25) is 5.82 Å². The highest BCUT2D eigenvalue weighted by Gasteiger charge is 2.19. The second-order valence-corrected chi connectivity index (χ2v) is 11.1. The fraction of sp³-hybridized carbons (Fsp3) is 0.156. The Morgan fingerprint density at radius 2 is 1.59 bits per heavy atom. The van der Waals surface area contributed by atoms with Crippen molar-refractivity contribution < 1.29 is 4.21 Å². The van der Waals surface area contributed by atoms with Gasteiger partial charge in [-0.15, -0.1) is 10.2 Å². The number of rotatable bonds is 8. The normalized spacial score (nSPS) is 12.0. The zero-order valence-electron chi connectivity index (χ0n) is 22.7. The molecule has 41 heavy (non-hydrogen) atoms. The third kappa shape index (κ3) is 5.12. The van der Waals surface area contributed by atoms with Crippen LogP contribution in [0, 0.1) is 0 Å². The van der Waals surface area contributed by atoms with Crippen LogP contribution in [0.15, 0.2) is 106 Å². The van der Waals surface area contributed by atoms with E-state index in [0.29, 0.717) is 23.7 Å². The zero-order valence-corrected chi connectivity index (χ0v) is 23.6. The highest BCUT2D eigenvalue weighted by molar-refractivity contribution is 7.85. The molecular weight excluding hydrogens is 532 g/mol. The van der Waals surface area contributed by atoms with Crippen molar-refractivity contribution in [3.05, 3.63) is 118 Å². The lowest BCUT2D eigenvalue weighted by atomic mass is 9.98. The molecule has 6 rings (SSSR count). The van der Waals surface area contributed by atoms with Gasteiger partial charge in [0.1, 0.15) is 4.90 Å². The van der Waals surface area contributed by atoms with Crippen LogP contribution in [-0.4, -0.2) is 34.4 Å². The molecule has 204 valence electrons. The summed E-state index contributed by atoms with van der Waals surface area (Å²) in [7, 11) is -1.63. The van der Waals surface area contributed by atoms with Crippen molar-refractivity contribution in [2.45, 2.75) is 43.0 Å². The van der Waals surface area contributed by atoms with Gasteiger partial charge >= 0.3 is 0 Å². The van der Waals surface area contributed by atoms with E-state index >= 15 is 0 Å². The maximum absolute atomic E-state index is 14.0. The van der Waals surface area contributed by atoms with Crippen molar-refractivity contribution in [1.82, 2.24) is 30.2 Å². The smallest absolute Gasteiger partial charge is 0.267 e. The van der Waals surface area contributed by atoms with Crippen LogP contribution in [0.5, 0.6) is 0 Å². The molecule has 0 aliphatic rings. The van der Waals surface area contributed by atoms with Gasteiger partial charge in [-0.2, -0.15) is 5.21 Å². The van der Waals surface area contributed by atoms with Crippen molar-refractivity contribution in [2.24, 2.45) is 0 Å². The molecule has 6 aromatic rings. The summed E-state index contributed by atoms with van der Waals surface area (Å²) in [5.41, 5.74) is 6.16. The standard InChI is InChI=1S/C32H28N6O2S/c1-3-23-18-29-27(28(4-2)33-23)19-30(41(40)24-10-6-5-7-11-24)32(39)38(29)20-21-14-16-22(17-15-21)25-12-8-9-13-26(25)31-34-36-37-35-31/h5-19H,3-4,20H2,1-2H3,(H,34,35,36,37). The summed E-state index contributed by atoms with van der Waals surface area (Å²) >= 11 is 0. The molecule has 0 fully saturated rings. The molecule has 0 radical (unpaired) electrons. The van der Waals surface area contributed by atoms with Gasteiger partial charge in [-0.3, -0.25) is 9.78 Å². The SMILES string of the molecule is CCc1cc2c(cc(S(=O)c3ccccc3)c(=O)n2Cc2ccc(-c3ccccc3-c3nn[nH]n3)cc2)c(CC)n1. The number of hydrogen-bond acceptors (Lipinski definition) is 6. The van der Waals surface area contributed by atoms with E-state index in [1.54, 1.807) is 22.8 Å². The van der Waals surface area contributed by atoms with Crippen LogP contribution in [-0.2, 0) is 30.2 Å². The summed E-state index contributed by atoms with van der Waals surface area (Å²) in [4.78, 5) is 19.7. The number of benzene rings is 3. The van der Waals surface area contributed by atoms with Crippen LogP contribution in [0.1, 0.15) is 30.8 Å². The molecule has 0 amide bonds. The fourth-order valence-electron chi connectivity index (χ4n) is 5.05. The number of aromatic nitrogens is 6. The van der Waals surface area contributed by atoms with Crippen LogP contribution in [0.3, 0.4) is 0 Å². The lowest BCUT2D eigenvalue weighted by molar-refractivity contribution is 0.679. The largest absolute Gasteiger partial charge is 0.303 e. The van der Waals surface area contributed by atoms with Crippen LogP contribution in [0.4, 0.5) is 0 Å². The Hall–Kier alpha value is -4.76. The minimum absolute atomic E-state index is 0.259. The van der Waals surface area contributed by atoms with E-state index in [-0.39, 0.29) is 10.5 Å². The second kappa shape index (κ2) is 11.4. The minimum Gasteiger partial charge on any atom is -0.303 e. The topological polar surface area (TPSA) is 106 Å². The molecule has 3 aromatic carbocycles. The first kappa shape index (κ1) is 26.5. The summed E-state index contributed by atoms with van der Waals surface area (Å²) in [5, 5.41) is 15.3. The number of aryl methyl sites for hydroxylation is 2. The first-order valence-electron chi connectivity index (χ1n) is 13.5. The van der Waals surface area contributed by atoms with E-state index in [0.717, 1.165) is 51.0 Å². The first-order valence-corrected chi connectivity index (χ1v) is 14.7. The van der Waals surface area contributed by atoms with Gasteiger partial charge in [0.15, 0.2) is 0 Å². The van der Waals surface area contributed by atoms with Crippen molar-refractivity contribution in [3.8, 4) is 22.5 Å². The van der Waals surface area contributed by atoms with Gasteiger partial charge in [0, 0.05) is 27.2 Å². The highest BCUT2D eigenvalue weighted by Crippen LogP contribution is 2.30. The van der Waals surface area contributed by atoms with Gasteiger partial charge in [-0.25, -0.2) is 4.21 Å². The van der Waals surface area contributed by atoms with Crippen molar-refractivity contribution in [3.63, 3.8) is 0 Å². The van der Waals surface area contributed by atoms with Crippen LogP contribution in [0.25, 0.3) is 33.4 Å². The Kier molecular flexibility index (Phi) is 7.35. The Balaban J connectivity index is 1.45. The average Bonchev–Trinajstić information content (AvgIpc) is 3.57. The molecule has 0 bridgehead atoms. The fourth-order valence-corrected chi connectivity index (χ4v) is 6.21. The summed E-state index contributed by atoms with van der Waals surface area (Å²) in [6.07, 6.45) is 1.46. The molecule has 0 aliphatic carbocycles. The van der Waals surface area contributed by atoms with E-state index in [9.17, 15) is 9.00 Å². The highest BCUT2D eigenvalue weighted by atomic mass is 32.2. The van der Waals surface area contributed by atoms with E-state index in [1.807, 2.05) is 72.8 Å². The summed E-state index contributed by atoms with van der Waals surface area (Å²) in [5.74, 6) is 0.526. The van der Waals surface area contributed by atoms with E-state index in [4.69, 9.17) is 4.98 Å². The van der Waals surface area contributed by atoms with Crippen LogP contribution < -0.4 is 5.56 Å². The number of nitrogens with zero attached hydrogens (tertiary/aromatic N) is 5. The third-order valence-corrected chi connectivity index (χ3v) is 8.56. The number of nitrogens with one attached hydrogen (secondary N) is 1. The Morgan fingerprint density at radius 1 is 0.854 bits per heavy atom. The maximum Gasteiger partial charge on any atom is 0.267 e. The Morgan fingerprint density at radius 3 is 2.27 bits per heavy atom. The quantitative estimate of drug-likeness (QED) is 0.260. The molecule has 0 aliphatic heterocycles. The molecule has 3 aromatic heterocycles. The molecule has 0 spiro atoms. The Labute approximate surface area is 239 Å². The number of aromatic amines is 1. The minimum atomic E-state index is -1.63. The number of tetrazole rings is 1. The van der Waals surface area contributed by atoms with Gasteiger partial charge in [-0.1, -0.05) is 80.6 Å². The molecular formula is C32H28N6O2S. The molecule has 1 unspecified atom stereocenters. The Bertz CT molecular complexity index is 1920. The lowest BCUT2D eigenvalue weighted by Gasteiger charge is -2.16. The van der Waals surface area contributed by atoms with Gasteiger partial charge < -0.3 is 4.57 Å². The summed E-state index contributed by atoms with van der Waals surface area (Å²) in [6.45, 7) is 4.44. The molecule has 0 saturated heterocycles. The first-order chi connectivity index (χ1) is 20.1. The number of fused-ring (bicyclic) bond motifs is 1.